The van der Waals surface area contributed by atoms with E-state index in [1.54, 1.807) is 0 Å². The molecule has 0 unspecified atom stereocenters. The normalized spacial score (nSPS) is 16.8. The van der Waals surface area contributed by atoms with Gasteiger partial charge in [0.2, 0.25) is 0 Å². The lowest BCUT2D eigenvalue weighted by atomic mass is 9.32. The van der Waals surface area contributed by atoms with Crippen LogP contribution in [-0.4, -0.2) is 6.71 Å². The fraction of sp³-hybridized carbons (Fsp3) is 0.308. The maximum Gasteiger partial charge on any atom is 0.252 e. The fourth-order valence-corrected chi connectivity index (χ4v) is 14.9. The Balaban J connectivity index is 1.23. The summed E-state index contributed by atoms with van der Waals surface area (Å²) in [5.41, 5.74) is 30.1. The zero-order valence-electron chi connectivity index (χ0n) is 51.3. The zero-order chi connectivity index (χ0) is 57.3. The van der Waals surface area contributed by atoms with Gasteiger partial charge in [0.25, 0.3) is 6.71 Å². The predicted octanol–water partition coefficient (Wildman–Crippen LogP) is 18.9. The molecule has 0 spiro atoms. The monoisotopic (exact) mass is 1060 g/mol. The van der Waals surface area contributed by atoms with Gasteiger partial charge in [0.05, 0.1) is 11.4 Å². The van der Waals surface area contributed by atoms with Gasteiger partial charge >= 0.3 is 0 Å². The molecule has 2 heterocycles. The van der Waals surface area contributed by atoms with Gasteiger partial charge < -0.3 is 9.80 Å². The van der Waals surface area contributed by atoms with Crippen molar-refractivity contribution < 1.29 is 0 Å². The maximum atomic E-state index is 2.73. The van der Waals surface area contributed by atoms with Crippen LogP contribution in [-0.2, 0) is 37.9 Å². The van der Waals surface area contributed by atoms with Gasteiger partial charge in [-0.3, -0.25) is 0 Å². The Bertz CT molecular complexity index is 3800. The summed E-state index contributed by atoms with van der Waals surface area (Å²) >= 11 is 0. The van der Waals surface area contributed by atoms with Crippen molar-refractivity contribution in [2.24, 2.45) is 0 Å². The van der Waals surface area contributed by atoms with Crippen LogP contribution in [0, 0.1) is 0 Å². The first-order valence-electron chi connectivity index (χ1n) is 29.9. The highest BCUT2D eigenvalue weighted by Crippen LogP contribution is 2.57. The first-order valence-corrected chi connectivity index (χ1v) is 29.9. The molecular weight excluding hydrogens is 976 g/mol. The van der Waals surface area contributed by atoms with Gasteiger partial charge in [-0.15, -0.1) is 0 Å². The second kappa shape index (κ2) is 17.6. The summed E-state index contributed by atoms with van der Waals surface area (Å²) in [6, 6.07) is 71.6. The lowest BCUT2D eigenvalue weighted by molar-refractivity contribution is 0.521. The summed E-state index contributed by atoms with van der Waals surface area (Å²) in [6.07, 6.45) is 0. The Labute approximate surface area is 485 Å². The van der Waals surface area contributed by atoms with Gasteiger partial charge in [-0.1, -0.05) is 251 Å². The quantitative estimate of drug-likeness (QED) is 0.162. The topological polar surface area (TPSA) is 6.48 Å². The van der Waals surface area contributed by atoms with Crippen molar-refractivity contribution in [1.82, 2.24) is 0 Å². The Hall–Kier alpha value is -7.36. The minimum atomic E-state index is -0.268. The van der Waals surface area contributed by atoms with Crippen LogP contribution in [0.15, 0.2) is 182 Å². The largest absolute Gasteiger partial charge is 0.311 e. The summed E-state index contributed by atoms with van der Waals surface area (Å²) in [7, 11) is 0. The molecule has 0 bridgehead atoms. The average Bonchev–Trinajstić information content (AvgIpc) is 3.62. The Morgan fingerprint density at radius 3 is 0.914 bits per heavy atom. The molecule has 0 aromatic heterocycles. The SMILES string of the molecule is CC(C)(C)c1ccc(N2c3cc4c(cc3B3c5cc6c(cc5N(c5ccc(C(C)(C)C)cc5-c5ccccc5)c5cc(C(C)(C)C)cc2c53)C(C)(C)c2ccccc2C6(C)C)C(C)(C)c2ccccc2C4(C)C)c(-c2ccccc2)c1. The molecule has 406 valence electrons. The summed E-state index contributed by atoms with van der Waals surface area (Å²) in [5.74, 6) is 0. The predicted molar refractivity (Wildman–Crippen MR) is 349 cm³/mol. The van der Waals surface area contributed by atoms with Crippen LogP contribution >= 0.6 is 0 Å². The molecule has 0 amide bonds. The van der Waals surface area contributed by atoms with Crippen LogP contribution in [0.5, 0.6) is 0 Å². The molecule has 0 N–H and O–H groups in total. The summed E-state index contributed by atoms with van der Waals surface area (Å²) < 4.78 is 0. The van der Waals surface area contributed by atoms with Gasteiger partial charge in [0.1, 0.15) is 0 Å². The molecule has 0 saturated carbocycles. The maximum absolute atomic E-state index is 2.73. The van der Waals surface area contributed by atoms with E-state index >= 15 is 0 Å². The third-order valence-electron chi connectivity index (χ3n) is 19.8. The Morgan fingerprint density at radius 2 is 0.593 bits per heavy atom. The lowest BCUT2D eigenvalue weighted by Gasteiger charge is -2.50. The van der Waals surface area contributed by atoms with Gasteiger partial charge in [0, 0.05) is 55.5 Å². The van der Waals surface area contributed by atoms with E-state index in [4.69, 9.17) is 0 Å². The highest BCUT2D eigenvalue weighted by molar-refractivity contribution is 7.00. The highest BCUT2D eigenvalue weighted by atomic mass is 15.2. The summed E-state index contributed by atoms with van der Waals surface area (Å²) in [4.78, 5) is 5.45. The van der Waals surface area contributed by atoms with Crippen molar-refractivity contribution in [2.45, 2.75) is 156 Å². The number of rotatable bonds is 4. The first kappa shape index (κ1) is 53.0. The van der Waals surface area contributed by atoms with E-state index in [-0.39, 0.29) is 44.6 Å². The highest BCUT2D eigenvalue weighted by Gasteiger charge is 2.51. The molecule has 2 nitrogen and oxygen atoms in total. The molecule has 2 aliphatic carbocycles. The second-order valence-corrected chi connectivity index (χ2v) is 29.5. The number of hydrogen-bond donors (Lipinski definition) is 0. The van der Waals surface area contributed by atoms with Crippen molar-refractivity contribution in [3.8, 4) is 22.3 Å². The molecule has 4 aliphatic rings. The van der Waals surface area contributed by atoms with E-state index in [1.165, 1.54) is 134 Å². The van der Waals surface area contributed by atoms with Crippen molar-refractivity contribution in [3.63, 3.8) is 0 Å². The van der Waals surface area contributed by atoms with E-state index in [2.05, 4.69) is 309 Å². The summed E-state index contributed by atoms with van der Waals surface area (Å²) in [5, 5.41) is 0. The minimum Gasteiger partial charge on any atom is -0.311 e. The molecule has 81 heavy (non-hydrogen) atoms. The first-order chi connectivity index (χ1) is 38.1. The number of nitrogens with zero attached hydrogens (tertiary/aromatic N) is 2. The Morgan fingerprint density at radius 1 is 0.284 bits per heavy atom. The molecule has 2 aliphatic heterocycles. The van der Waals surface area contributed by atoms with Crippen LogP contribution in [0.2, 0.25) is 0 Å². The van der Waals surface area contributed by atoms with Crippen LogP contribution in [0.3, 0.4) is 0 Å². The van der Waals surface area contributed by atoms with E-state index in [0.717, 1.165) is 0 Å². The van der Waals surface area contributed by atoms with E-state index in [0.29, 0.717) is 0 Å². The average molecular weight is 1060 g/mol. The second-order valence-electron chi connectivity index (χ2n) is 29.5. The number of benzene rings is 9. The molecule has 13 rings (SSSR count). The van der Waals surface area contributed by atoms with Crippen molar-refractivity contribution >= 4 is 57.2 Å². The number of fused-ring (bicyclic) bond motifs is 8. The van der Waals surface area contributed by atoms with E-state index < -0.39 is 0 Å². The van der Waals surface area contributed by atoms with Crippen molar-refractivity contribution in [2.75, 3.05) is 9.80 Å². The third kappa shape index (κ3) is 7.87. The zero-order valence-corrected chi connectivity index (χ0v) is 51.3. The molecule has 0 fully saturated rings. The molecule has 9 aromatic rings. The fourth-order valence-electron chi connectivity index (χ4n) is 14.9. The smallest absolute Gasteiger partial charge is 0.252 e. The molecule has 0 saturated heterocycles. The van der Waals surface area contributed by atoms with Crippen molar-refractivity contribution in [1.29, 1.82) is 0 Å². The van der Waals surface area contributed by atoms with Crippen LogP contribution in [0.1, 0.15) is 179 Å². The molecule has 3 heteroatoms. The molecular formula is C78H81BN2. The van der Waals surface area contributed by atoms with E-state index in [9.17, 15) is 0 Å². The molecule has 0 atom stereocenters. The van der Waals surface area contributed by atoms with Crippen molar-refractivity contribution in [3.05, 3.63) is 243 Å². The third-order valence-corrected chi connectivity index (χ3v) is 19.8. The standard InChI is InChI=1S/C78H81BN2/c1-72(2,3)50-36-38-65(53(40-50)48-28-20-18-21-29-48)80-67-46-61-59(75(10,11)55-32-24-26-34-57(55)77(61,14)15)44-63(67)79-64-45-60-62(78(16,17)58-35-27-25-33-56(58)76(60,12)13)47-68(64)81(70-43-52(74(7,8)9)42-69(80)71(70)79)66-39-37-51(73(4,5)6)41-54(66)49-30-22-19-23-31-49/h18-47H,1-17H3. The molecule has 9 aromatic carbocycles. The number of anilines is 6. The molecule has 0 radical (unpaired) electrons. The summed E-state index contributed by atoms with van der Waals surface area (Å²) in [6.45, 7) is 40.9. The van der Waals surface area contributed by atoms with E-state index in [1.807, 2.05) is 0 Å². The minimum absolute atomic E-state index is 0.0639. The van der Waals surface area contributed by atoms with Crippen LogP contribution in [0.4, 0.5) is 34.1 Å². The lowest BCUT2D eigenvalue weighted by Crippen LogP contribution is -2.62. The van der Waals surface area contributed by atoms with Crippen LogP contribution in [0.25, 0.3) is 22.3 Å². The Kier molecular flexibility index (Phi) is 11.5. The van der Waals surface area contributed by atoms with Gasteiger partial charge in [-0.25, -0.2) is 0 Å². The van der Waals surface area contributed by atoms with Gasteiger partial charge in [-0.2, -0.15) is 0 Å². The van der Waals surface area contributed by atoms with Crippen LogP contribution < -0.4 is 26.2 Å². The van der Waals surface area contributed by atoms with Gasteiger partial charge in [0.15, 0.2) is 0 Å². The number of hydrogen-bond acceptors (Lipinski definition) is 2. The van der Waals surface area contributed by atoms with Gasteiger partial charge in [-0.05, 0) is 153 Å².